The monoisotopic (exact) mass is 1100 g/mol. The molecule has 0 bridgehead atoms. The standard InChI is InChI=1S/C33H48.C26H34.19CH4/c1-5-30(27-31(6-2)26-29(4)33-24-18-13-19-25-33)21-15-11-9-7-8-10-14-20-28(3)32-22-16-12-17-23-32;1-4-23(21-22(3)25-17-11-7-12-18-25)15-9-6-10-16-24(5-2)26-19-13-8-14-20-26;;;;;;;;;;;;;;;;;;;/h5,10,12-14,16-19,22-25,28-31H,1,6-9,11,15,20-21,26-27H2,2-4H3;4,6-8,10-14,17-20,22-24H,1,5,9,15-16,21H2,2-3H3;19*1H4. The molecule has 0 N–H and O–H groups in total. The van der Waals surface area contributed by atoms with Gasteiger partial charge >= 0.3 is 0 Å². The molecule has 0 aromatic heterocycles. The van der Waals surface area contributed by atoms with E-state index in [0.717, 1.165) is 25.2 Å². The van der Waals surface area contributed by atoms with Crippen molar-refractivity contribution in [3.05, 3.63) is 193 Å². The van der Waals surface area contributed by atoms with Crippen molar-refractivity contribution in [1.82, 2.24) is 0 Å². The summed E-state index contributed by atoms with van der Waals surface area (Å²) in [5, 5.41) is 0. The maximum atomic E-state index is 4.16. The number of allylic oxidation sites excluding steroid dienone is 6. The maximum Gasteiger partial charge on any atom is -0.0130 e. The zero-order valence-corrected chi connectivity index (χ0v) is 38.1. The van der Waals surface area contributed by atoms with Gasteiger partial charge in [0.2, 0.25) is 0 Å². The Balaban J connectivity index is -0.0000000518. The van der Waals surface area contributed by atoms with E-state index < -0.39 is 0 Å². The summed E-state index contributed by atoms with van der Waals surface area (Å²) in [5.74, 6) is 4.55. The van der Waals surface area contributed by atoms with E-state index in [4.69, 9.17) is 0 Å². The van der Waals surface area contributed by atoms with Crippen LogP contribution in [-0.2, 0) is 0 Å². The fourth-order valence-corrected chi connectivity index (χ4v) is 8.62. The second kappa shape index (κ2) is 77.1. The van der Waals surface area contributed by atoms with Crippen LogP contribution in [0.5, 0.6) is 0 Å². The summed E-state index contributed by atoms with van der Waals surface area (Å²) in [6.45, 7) is 19.9. The first-order valence-corrected chi connectivity index (χ1v) is 23.6. The molecular weight excluding hydrogens is 937 g/mol. The fourth-order valence-electron chi connectivity index (χ4n) is 8.62. The maximum absolute atomic E-state index is 4.16. The van der Waals surface area contributed by atoms with Gasteiger partial charge in [-0.15, -0.1) is 13.2 Å². The van der Waals surface area contributed by atoms with Crippen LogP contribution in [-0.4, -0.2) is 0 Å². The Bertz CT molecular complexity index is 1650. The molecule has 0 aliphatic rings. The van der Waals surface area contributed by atoms with Crippen LogP contribution in [0, 0.1) is 17.8 Å². The van der Waals surface area contributed by atoms with Crippen molar-refractivity contribution in [2.75, 3.05) is 0 Å². The highest BCUT2D eigenvalue weighted by Gasteiger charge is 2.17. The molecule has 470 valence electrons. The molecule has 4 aromatic carbocycles. The van der Waals surface area contributed by atoms with E-state index in [1.807, 2.05) is 0 Å². The zero-order valence-electron chi connectivity index (χ0n) is 38.1. The first kappa shape index (κ1) is 121. The van der Waals surface area contributed by atoms with Crippen LogP contribution < -0.4 is 0 Å². The van der Waals surface area contributed by atoms with E-state index in [2.05, 4.69) is 206 Å². The van der Waals surface area contributed by atoms with Gasteiger partial charge in [-0.2, -0.15) is 0 Å². The highest BCUT2D eigenvalue weighted by atomic mass is 14.2. The molecule has 0 saturated carbocycles. The summed E-state index contributed by atoms with van der Waals surface area (Å²) in [6, 6.07) is 43.6. The molecule has 0 nitrogen and oxygen atoms in total. The second-order valence-electron chi connectivity index (χ2n) is 17.4. The molecule has 0 spiro atoms. The van der Waals surface area contributed by atoms with Gasteiger partial charge in [0.15, 0.2) is 0 Å². The lowest BCUT2D eigenvalue weighted by Crippen LogP contribution is -2.10. The SMILES string of the molecule is C.C.C.C.C.C.C.C.C.C.C.C.C.C.C.C.C.C.C.C=CC(CCC=CCC(CC)c1ccccc1)CC(C)c1ccccc1.C=CC(CCCCCCC=CCC(C)c1ccccc1)CC(CC)CC(C)c1ccccc1. The molecule has 0 heterocycles. The lowest BCUT2D eigenvalue weighted by Gasteiger charge is -2.23. The average Bonchev–Trinajstić information content (AvgIpc) is 3.29. The molecular formula is C78H158. The summed E-state index contributed by atoms with van der Waals surface area (Å²) in [5.41, 5.74) is 5.82. The second-order valence-corrected chi connectivity index (χ2v) is 17.4. The van der Waals surface area contributed by atoms with Gasteiger partial charge in [-0.05, 0) is 134 Å². The fraction of sp³-hybridized carbons (Fsp3) is 0.590. The lowest BCUT2D eigenvalue weighted by molar-refractivity contribution is 0.345. The topological polar surface area (TPSA) is 0 Å². The van der Waals surface area contributed by atoms with Gasteiger partial charge in [0.1, 0.15) is 0 Å². The Kier molecular flexibility index (Phi) is 120. The summed E-state index contributed by atoms with van der Waals surface area (Å²) < 4.78 is 0. The Labute approximate surface area is 504 Å². The van der Waals surface area contributed by atoms with E-state index in [1.54, 1.807) is 0 Å². The molecule has 0 saturated heterocycles. The van der Waals surface area contributed by atoms with Crippen molar-refractivity contribution in [2.24, 2.45) is 17.8 Å². The van der Waals surface area contributed by atoms with Crippen LogP contribution in [0.3, 0.4) is 0 Å². The van der Waals surface area contributed by atoms with E-state index in [1.165, 1.54) is 99.3 Å². The van der Waals surface area contributed by atoms with Crippen molar-refractivity contribution in [2.45, 2.75) is 296 Å². The quantitative estimate of drug-likeness (QED) is 0.0393. The van der Waals surface area contributed by atoms with Gasteiger partial charge in [0.25, 0.3) is 0 Å². The molecule has 0 heteroatoms. The van der Waals surface area contributed by atoms with Crippen LogP contribution in [0.4, 0.5) is 0 Å². The van der Waals surface area contributed by atoms with Crippen LogP contribution >= 0.6 is 0 Å². The van der Waals surface area contributed by atoms with Crippen LogP contribution in [0.25, 0.3) is 0 Å². The highest BCUT2D eigenvalue weighted by molar-refractivity contribution is 5.22. The van der Waals surface area contributed by atoms with Gasteiger partial charge < -0.3 is 0 Å². The lowest BCUT2D eigenvalue weighted by atomic mass is 9.82. The van der Waals surface area contributed by atoms with E-state index >= 15 is 0 Å². The third-order valence-electron chi connectivity index (χ3n) is 12.7. The summed E-state index contributed by atoms with van der Waals surface area (Å²) in [4.78, 5) is 0. The Morgan fingerprint density at radius 2 is 0.679 bits per heavy atom. The smallest absolute Gasteiger partial charge is 0.0130 e. The highest BCUT2D eigenvalue weighted by Crippen LogP contribution is 2.32. The number of hydrogen-bond acceptors (Lipinski definition) is 0. The van der Waals surface area contributed by atoms with E-state index in [9.17, 15) is 0 Å². The third kappa shape index (κ3) is 51.3. The molecule has 0 aliphatic carbocycles. The van der Waals surface area contributed by atoms with E-state index in [0.29, 0.717) is 35.5 Å². The van der Waals surface area contributed by atoms with Crippen LogP contribution in [0.1, 0.15) is 318 Å². The minimum Gasteiger partial charge on any atom is -0.103 e. The van der Waals surface area contributed by atoms with Crippen molar-refractivity contribution >= 4 is 0 Å². The molecule has 0 aliphatic heterocycles. The third-order valence-corrected chi connectivity index (χ3v) is 12.7. The van der Waals surface area contributed by atoms with Gasteiger partial charge in [0.05, 0.1) is 0 Å². The molecule has 7 atom stereocenters. The van der Waals surface area contributed by atoms with Gasteiger partial charge in [0, 0.05) is 0 Å². The van der Waals surface area contributed by atoms with Crippen LogP contribution in [0.2, 0.25) is 0 Å². The van der Waals surface area contributed by atoms with Gasteiger partial charge in [-0.1, -0.05) is 359 Å². The predicted octanol–water partition coefficient (Wildman–Crippen LogP) is 30.5. The number of rotatable bonds is 28. The Morgan fingerprint density at radius 3 is 1.08 bits per heavy atom. The van der Waals surface area contributed by atoms with Gasteiger partial charge in [-0.3, -0.25) is 0 Å². The molecule has 0 radical (unpaired) electrons. The minimum absolute atomic E-state index is 0. The predicted molar refractivity (Wildman–Crippen MR) is 391 cm³/mol. The molecule has 4 aromatic rings. The number of benzene rings is 4. The summed E-state index contributed by atoms with van der Waals surface area (Å²) >= 11 is 0. The van der Waals surface area contributed by atoms with Crippen molar-refractivity contribution in [3.8, 4) is 0 Å². The first-order valence-electron chi connectivity index (χ1n) is 23.6. The number of hydrogen-bond donors (Lipinski definition) is 0. The largest absolute Gasteiger partial charge is 0.103 e. The molecule has 7 unspecified atom stereocenters. The summed E-state index contributed by atoms with van der Waals surface area (Å²) in [7, 11) is 0. The van der Waals surface area contributed by atoms with Gasteiger partial charge in [-0.25, -0.2) is 0 Å². The molecule has 4 rings (SSSR count). The first-order chi connectivity index (χ1) is 28.9. The van der Waals surface area contributed by atoms with E-state index in [-0.39, 0.29) is 141 Å². The van der Waals surface area contributed by atoms with Crippen LogP contribution in [0.15, 0.2) is 171 Å². The van der Waals surface area contributed by atoms with Crippen molar-refractivity contribution < 1.29 is 0 Å². The Hall–Kier alpha value is -4.16. The molecule has 78 heavy (non-hydrogen) atoms. The molecule has 0 amide bonds. The Morgan fingerprint density at radius 1 is 0.333 bits per heavy atom. The normalized spacial score (nSPS) is 11.4. The van der Waals surface area contributed by atoms with Crippen molar-refractivity contribution in [3.63, 3.8) is 0 Å². The molecule has 0 fully saturated rings. The zero-order chi connectivity index (χ0) is 42.3. The average molecular weight is 1100 g/mol. The minimum atomic E-state index is 0. The number of unbranched alkanes of at least 4 members (excludes halogenated alkanes) is 4. The summed E-state index contributed by atoms with van der Waals surface area (Å²) in [6.07, 6.45) is 32.7. The van der Waals surface area contributed by atoms with Crippen molar-refractivity contribution in [1.29, 1.82) is 0 Å².